The van der Waals surface area contributed by atoms with Crippen molar-refractivity contribution in [1.82, 2.24) is 4.90 Å². The van der Waals surface area contributed by atoms with Gasteiger partial charge in [0.2, 0.25) is 12.5 Å². The van der Waals surface area contributed by atoms with Gasteiger partial charge in [0.1, 0.15) is 0 Å². The van der Waals surface area contributed by atoms with Crippen molar-refractivity contribution in [2.75, 3.05) is 13.7 Å². The first-order valence-electron chi connectivity index (χ1n) is 9.08. The van der Waals surface area contributed by atoms with Crippen LogP contribution in [-0.2, 0) is 20.9 Å². The lowest BCUT2D eigenvalue weighted by atomic mass is 9.76. The summed E-state index contributed by atoms with van der Waals surface area (Å²) in [4.78, 5) is 38.3. The Morgan fingerprint density at radius 2 is 1.79 bits per heavy atom. The van der Waals surface area contributed by atoms with Crippen LogP contribution >= 0.6 is 0 Å². The number of ether oxygens (including phenoxy) is 1. The molecule has 1 aliphatic heterocycles. The number of methoxy groups -OCH3 is 1. The van der Waals surface area contributed by atoms with Crippen molar-refractivity contribution in [1.29, 1.82) is 0 Å². The Morgan fingerprint density at radius 3 is 2.36 bits per heavy atom. The minimum atomic E-state index is -1.42. The zero-order chi connectivity index (χ0) is 20.1. The van der Waals surface area contributed by atoms with Crippen LogP contribution in [0.4, 0.5) is 0 Å². The van der Waals surface area contributed by atoms with Crippen LogP contribution in [0.5, 0.6) is 0 Å². The van der Waals surface area contributed by atoms with Crippen molar-refractivity contribution >= 4 is 11.9 Å². The zero-order valence-electron chi connectivity index (χ0n) is 15.6. The van der Waals surface area contributed by atoms with Gasteiger partial charge in [0.15, 0.2) is 5.54 Å². The summed E-state index contributed by atoms with van der Waals surface area (Å²) in [5.41, 5.74) is 0.0622. The number of nitro groups is 1. The monoisotopic (exact) mass is 382 g/mol. The molecule has 0 radical (unpaired) electrons. The van der Waals surface area contributed by atoms with Crippen molar-refractivity contribution < 1.29 is 19.2 Å². The van der Waals surface area contributed by atoms with Gasteiger partial charge in [0, 0.05) is 17.9 Å². The van der Waals surface area contributed by atoms with Gasteiger partial charge < -0.3 is 9.64 Å². The SMILES string of the molecule is COC(=O)[C@@]1([C@@H](C[N+](=O)[O-])c2ccccc2)CCC(=O)N1Cc1ccccc1. The molecule has 0 bridgehead atoms. The van der Waals surface area contributed by atoms with E-state index in [4.69, 9.17) is 4.74 Å². The van der Waals surface area contributed by atoms with Crippen LogP contribution in [0, 0.1) is 10.1 Å². The molecule has 2 atom stereocenters. The summed E-state index contributed by atoms with van der Waals surface area (Å²) in [6.45, 7) is -0.284. The Bertz CT molecular complexity index is 856. The third kappa shape index (κ3) is 3.60. The number of likely N-dealkylation sites (tertiary alicyclic amines) is 1. The van der Waals surface area contributed by atoms with E-state index in [0.29, 0.717) is 5.56 Å². The minimum Gasteiger partial charge on any atom is -0.467 e. The van der Waals surface area contributed by atoms with Gasteiger partial charge in [-0.2, -0.15) is 0 Å². The average molecular weight is 382 g/mol. The molecule has 2 aromatic rings. The summed E-state index contributed by atoms with van der Waals surface area (Å²) in [5, 5.41) is 11.5. The van der Waals surface area contributed by atoms with Gasteiger partial charge >= 0.3 is 5.97 Å². The molecule has 7 nitrogen and oxygen atoms in total. The largest absolute Gasteiger partial charge is 0.467 e. The molecule has 0 unspecified atom stereocenters. The number of nitrogens with zero attached hydrogens (tertiary/aromatic N) is 2. The standard InChI is InChI=1S/C21H22N2O5/c1-28-20(25)21(18(15-23(26)27)17-10-6-3-7-11-17)13-12-19(24)22(21)14-16-8-4-2-5-9-16/h2-11,18H,12-15H2,1H3/t18-,21-/m0/s1. The number of hydrogen-bond acceptors (Lipinski definition) is 5. The Morgan fingerprint density at radius 1 is 1.18 bits per heavy atom. The number of esters is 1. The van der Waals surface area contributed by atoms with E-state index in [1.807, 2.05) is 30.3 Å². The van der Waals surface area contributed by atoms with Crippen molar-refractivity contribution in [3.05, 3.63) is 81.9 Å². The minimum absolute atomic E-state index is 0.142. The maximum Gasteiger partial charge on any atom is 0.332 e. The van der Waals surface area contributed by atoms with Crippen LogP contribution in [0.3, 0.4) is 0 Å². The zero-order valence-corrected chi connectivity index (χ0v) is 15.6. The Labute approximate surface area is 163 Å². The van der Waals surface area contributed by atoms with Gasteiger partial charge in [-0.05, 0) is 17.5 Å². The highest BCUT2D eigenvalue weighted by Gasteiger charge is 2.59. The van der Waals surface area contributed by atoms with Crippen LogP contribution in [0.25, 0.3) is 0 Å². The molecule has 1 amide bonds. The third-order valence-electron chi connectivity index (χ3n) is 5.34. The van der Waals surface area contributed by atoms with Gasteiger partial charge in [0.25, 0.3) is 0 Å². The van der Waals surface area contributed by atoms with Crippen molar-refractivity contribution in [2.45, 2.75) is 30.8 Å². The molecule has 1 saturated heterocycles. The molecule has 1 heterocycles. The van der Waals surface area contributed by atoms with E-state index in [1.165, 1.54) is 12.0 Å². The summed E-state index contributed by atoms with van der Waals surface area (Å²) < 4.78 is 5.08. The molecule has 1 fully saturated rings. The van der Waals surface area contributed by atoms with Crippen molar-refractivity contribution in [3.8, 4) is 0 Å². The number of rotatable bonds is 7. The van der Waals surface area contributed by atoms with Crippen LogP contribution in [0.1, 0.15) is 29.9 Å². The predicted octanol–water partition coefficient (Wildman–Crippen LogP) is 2.78. The second kappa shape index (κ2) is 8.21. The van der Waals surface area contributed by atoms with E-state index in [9.17, 15) is 19.7 Å². The Kier molecular flexibility index (Phi) is 5.73. The van der Waals surface area contributed by atoms with E-state index in [0.717, 1.165) is 5.56 Å². The molecule has 0 aromatic heterocycles. The van der Waals surface area contributed by atoms with E-state index < -0.39 is 28.9 Å². The second-order valence-corrected chi connectivity index (χ2v) is 6.86. The highest BCUT2D eigenvalue weighted by Crippen LogP contribution is 2.44. The maximum atomic E-state index is 13.0. The van der Waals surface area contributed by atoms with Crippen molar-refractivity contribution in [2.24, 2.45) is 0 Å². The van der Waals surface area contributed by atoms with E-state index in [1.54, 1.807) is 30.3 Å². The fraction of sp³-hybridized carbons (Fsp3) is 0.333. The number of carbonyl (C=O) groups excluding carboxylic acids is 2. The average Bonchev–Trinajstić information content (AvgIpc) is 3.04. The molecule has 2 aromatic carbocycles. The Balaban J connectivity index is 2.12. The molecule has 0 spiro atoms. The topological polar surface area (TPSA) is 89.7 Å². The summed E-state index contributed by atoms with van der Waals surface area (Å²) in [6, 6.07) is 18.1. The van der Waals surface area contributed by atoms with Gasteiger partial charge in [-0.3, -0.25) is 14.9 Å². The number of amides is 1. The highest BCUT2D eigenvalue weighted by atomic mass is 16.6. The van der Waals surface area contributed by atoms with Gasteiger partial charge in [-0.15, -0.1) is 0 Å². The first-order valence-corrected chi connectivity index (χ1v) is 9.08. The van der Waals surface area contributed by atoms with Crippen LogP contribution in [0.15, 0.2) is 60.7 Å². The lowest BCUT2D eigenvalue weighted by Gasteiger charge is -2.40. The van der Waals surface area contributed by atoms with Crippen LogP contribution in [0.2, 0.25) is 0 Å². The normalized spacial score (nSPS) is 20.0. The fourth-order valence-electron chi connectivity index (χ4n) is 4.05. The summed E-state index contributed by atoms with van der Waals surface area (Å²) in [5.74, 6) is -1.64. The van der Waals surface area contributed by atoms with Gasteiger partial charge in [-0.1, -0.05) is 60.7 Å². The van der Waals surface area contributed by atoms with Crippen LogP contribution in [-0.4, -0.2) is 40.9 Å². The summed E-state index contributed by atoms with van der Waals surface area (Å²) >= 11 is 0. The van der Waals surface area contributed by atoms with E-state index >= 15 is 0 Å². The number of benzene rings is 2. The maximum absolute atomic E-state index is 13.0. The number of carbonyl (C=O) groups is 2. The van der Waals surface area contributed by atoms with Crippen molar-refractivity contribution in [3.63, 3.8) is 0 Å². The lowest BCUT2D eigenvalue weighted by Crippen LogP contribution is -2.57. The molecule has 0 N–H and O–H groups in total. The molecule has 0 saturated carbocycles. The smallest absolute Gasteiger partial charge is 0.332 e. The Hall–Kier alpha value is -3.22. The summed E-state index contributed by atoms with van der Waals surface area (Å²) in [7, 11) is 1.25. The highest BCUT2D eigenvalue weighted by molar-refractivity contribution is 5.93. The van der Waals surface area contributed by atoms with Gasteiger partial charge in [0.05, 0.1) is 13.0 Å². The summed E-state index contributed by atoms with van der Waals surface area (Å²) in [6.07, 6.45) is 0.321. The van der Waals surface area contributed by atoms with E-state index in [2.05, 4.69) is 0 Å². The molecule has 0 aliphatic carbocycles. The molecule has 28 heavy (non-hydrogen) atoms. The lowest BCUT2D eigenvalue weighted by molar-refractivity contribution is -0.485. The molecule has 1 aliphatic rings. The molecular weight excluding hydrogens is 360 g/mol. The third-order valence-corrected chi connectivity index (χ3v) is 5.34. The molecule has 146 valence electrons. The quantitative estimate of drug-likeness (QED) is 0.417. The van der Waals surface area contributed by atoms with E-state index in [-0.39, 0.29) is 25.3 Å². The first kappa shape index (κ1) is 19.5. The fourth-order valence-corrected chi connectivity index (χ4v) is 4.05. The first-order chi connectivity index (χ1) is 13.5. The predicted molar refractivity (Wildman–Crippen MR) is 102 cm³/mol. The second-order valence-electron chi connectivity index (χ2n) is 6.86. The van der Waals surface area contributed by atoms with Gasteiger partial charge in [-0.25, -0.2) is 4.79 Å². The number of hydrogen-bond donors (Lipinski definition) is 0. The molecular formula is C21H22N2O5. The van der Waals surface area contributed by atoms with Crippen LogP contribution < -0.4 is 0 Å². The molecule has 7 heteroatoms. The molecule has 3 rings (SSSR count).